The second kappa shape index (κ2) is 8.33. The number of imidazole rings is 1. The zero-order valence-corrected chi connectivity index (χ0v) is 13.5. The quantitative estimate of drug-likeness (QED) is 0.347. The smallest absolute Gasteiger partial charge is 0.269 e. The van der Waals surface area contributed by atoms with Gasteiger partial charge >= 0.3 is 0 Å². The summed E-state index contributed by atoms with van der Waals surface area (Å²) < 4.78 is 1.96. The van der Waals surface area contributed by atoms with E-state index < -0.39 is 4.92 Å². The van der Waals surface area contributed by atoms with Gasteiger partial charge in [0.2, 0.25) is 5.91 Å². The molecule has 0 saturated carbocycles. The van der Waals surface area contributed by atoms with Crippen LogP contribution >= 0.6 is 11.8 Å². The number of amides is 1. The number of hydrogen-bond acceptors (Lipinski definition) is 5. The fraction of sp³-hybridized carbons (Fsp3) is 0.333. The molecule has 0 aliphatic rings. The minimum atomic E-state index is -0.440. The molecule has 0 saturated heterocycles. The molecule has 1 aromatic heterocycles. The zero-order chi connectivity index (χ0) is 16.7. The van der Waals surface area contributed by atoms with Crippen molar-refractivity contribution in [2.45, 2.75) is 30.0 Å². The molecule has 1 aromatic carbocycles. The number of carbonyl (C=O) groups excluding carboxylic acids is 1. The van der Waals surface area contributed by atoms with E-state index in [1.54, 1.807) is 24.7 Å². The van der Waals surface area contributed by atoms with Gasteiger partial charge in [0.1, 0.15) is 0 Å². The van der Waals surface area contributed by atoms with Crippen molar-refractivity contribution in [3.8, 4) is 0 Å². The monoisotopic (exact) mass is 334 g/mol. The minimum absolute atomic E-state index is 0.0426. The number of thioether (sulfide) groups is 1. The molecule has 122 valence electrons. The molecule has 0 aliphatic carbocycles. The Kier molecular flexibility index (Phi) is 6.16. The molecule has 0 bridgehead atoms. The van der Waals surface area contributed by atoms with Gasteiger partial charge in [-0.1, -0.05) is 0 Å². The number of carbonyl (C=O) groups is 1. The first-order valence-electron chi connectivity index (χ1n) is 7.21. The summed E-state index contributed by atoms with van der Waals surface area (Å²) in [7, 11) is 0. The number of nitrogens with zero attached hydrogens (tertiary/aromatic N) is 3. The first kappa shape index (κ1) is 17.0. The van der Waals surface area contributed by atoms with E-state index in [2.05, 4.69) is 10.3 Å². The van der Waals surface area contributed by atoms with Crippen molar-refractivity contribution < 1.29 is 9.72 Å². The van der Waals surface area contributed by atoms with Crippen LogP contribution in [0.1, 0.15) is 13.3 Å². The van der Waals surface area contributed by atoms with Crippen molar-refractivity contribution in [2.75, 3.05) is 6.54 Å². The highest BCUT2D eigenvalue weighted by Crippen LogP contribution is 2.25. The highest BCUT2D eigenvalue weighted by Gasteiger charge is 2.14. The van der Waals surface area contributed by atoms with Crippen LogP contribution in [0.15, 0.2) is 47.9 Å². The number of benzene rings is 1. The Morgan fingerprint density at radius 2 is 2.17 bits per heavy atom. The van der Waals surface area contributed by atoms with E-state index in [-0.39, 0.29) is 16.8 Å². The Bertz CT molecular complexity index is 643. The van der Waals surface area contributed by atoms with Crippen molar-refractivity contribution in [1.82, 2.24) is 14.9 Å². The zero-order valence-electron chi connectivity index (χ0n) is 12.7. The van der Waals surface area contributed by atoms with E-state index in [9.17, 15) is 14.9 Å². The third-order valence-corrected chi connectivity index (χ3v) is 4.29. The van der Waals surface area contributed by atoms with Crippen molar-refractivity contribution in [3.63, 3.8) is 0 Å². The van der Waals surface area contributed by atoms with Gasteiger partial charge in [0.15, 0.2) is 0 Å². The summed E-state index contributed by atoms with van der Waals surface area (Å²) in [5.41, 5.74) is 0.0472. The average molecular weight is 334 g/mol. The van der Waals surface area contributed by atoms with Gasteiger partial charge in [0.25, 0.3) is 5.69 Å². The number of aryl methyl sites for hydroxylation is 1. The summed E-state index contributed by atoms with van der Waals surface area (Å²) in [5, 5.41) is 13.2. The maximum Gasteiger partial charge on any atom is 0.269 e. The Hall–Kier alpha value is -2.35. The van der Waals surface area contributed by atoms with Gasteiger partial charge in [-0.15, -0.1) is 11.8 Å². The van der Waals surface area contributed by atoms with Gasteiger partial charge in [-0.2, -0.15) is 0 Å². The topological polar surface area (TPSA) is 90.1 Å². The van der Waals surface area contributed by atoms with Crippen LogP contribution in [-0.4, -0.2) is 32.2 Å². The number of hydrogen-bond donors (Lipinski definition) is 1. The Morgan fingerprint density at radius 1 is 1.43 bits per heavy atom. The Balaban J connectivity index is 1.72. The van der Waals surface area contributed by atoms with Crippen LogP contribution in [-0.2, 0) is 11.3 Å². The first-order valence-corrected chi connectivity index (χ1v) is 8.09. The van der Waals surface area contributed by atoms with Gasteiger partial charge in [0.05, 0.1) is 16.5 Å². The third kappa shape index (κ3) is 5.41. The SMILES string of the molecule is CC(Sc1ccc([N+](=O)[O-])cc1)C(=O)NCCCn1ccnc1. The second-order valence-corrected chi connectivity index (χ2v) is 6.37. The molecule has 0 radical (unpaired) electrons. The number of nitrogens with one attached hydrogen (secondary N) is 1. The van der Waals surface area contributed by atoms with Crippen molar-refractivity contribution in [2.24, 2.45) is 0 Å². The van der Waals surface area contributed by atoms with Crippen molar-refractivity contribution in [1.29, 1.82) is 0 Å². The lowest BCUT2D eigenvalue weighted by atomic mass is 10.3. The Morgan fingerprint density at radius 3 is 2.78 bits per heavy atom. The molecular weight excluding hydrogens is 316 g/mol. The molecule has 1 unspecified atom stereocenters. The van der Waals surface area contributed by atoms with Crippen LogP contribution in [0.25, 0.3) is 0 Å². The second-order valence-electron chi connectivity index (χ2n) is 4.96. The average Bonchev–Trinajstić information content (AvgIpc) is 3.05. The van der Waals surface area contributed by atoms with Crippen LogP contribution in [0.2, 0.25) is 0 Å². The van der Waals surface area contributed by atoms with E-state index in [0.29, 0.717) is 6.54 Å². The van der Waals surface area contributed by atoms with Crippen molar-refractivity contribution in [3.05, 3.63) is 53.1 Å². The molecule has 1 atom stereocenters. The molecule has 1 amide bonds. The van der Waals surface area contributed by atoms with Crippen LogP contribution < -0.4 is 5.32 Å². The van der Waals surface area contributed by atoms with E-state index in [1.165, 1.54) is 23.9 Å². The van der Waals surface area contributed by atoms with Crippen molar-refractivity contribution >= 4 is 23.4 Å². The van der Waals surface area contributed by atoms with E-state index in [1.807, 2.05) is 17.7 Å². The summed E-state index contributed by atoms with van der Waals surface area (Å²) in [5.74, 6) is -0.0426. The fourth-order valence-corrected chi connectivity index (χ4v) is 2.83. The number of non-ortho nitro benzene ring substituents is 1. The predicted molar refractivity (Wildman–Crippen MR) is 88.3 cm³/mol. The minimum Gasteiger partial charge on any atom is -0.355 e. The number of rotatable bonds is 8. The number of aromatic nitrogens is 2. The van der Waals surface area contributed by atoms with Gasteiger partial charge in [-0.3, -0.25) is 14.9 Å². The van der Waals surface area contributed by atoms with E-state index in [4.69, 9.17) is 0 Å². The molecule has 8 heteroatoms. The summed E-state index contributed by atoms with van der Waals surface area (Å²) in [6.45, 7) is 3.23. The summed E-state index contributed by atoms with van der Waals surface area (Å²) in [6.07, 6.45) is 6.18. The van der Waals surface area contributed by atoms with Gasteiger partial charge < -0.3 is 9.88 Å². The molecular formula is C15H18N4O3S. The maximum absolute atomic E-state index is 12.0. The summed E-state index contributed by atoms with van der Waals surface area (Å²) in [4.78, 5) is 27.0. The van der Waals surface area contributed by atoms with E-state index in [0.717, 1.165) is 17.9 Å². The lowest BCUT2D eigenvalue weighted by Crippen LogP contribution is -2.32. The largest absolute Gasteiger partial charge is 0.355 e. The molecule has 2 rings (SSSR count). The molecule has 1 heterocycles. The fourth-order valence-electron chi connectivity index (χ4n) is 1.94. The maximum atomic E-state index is 12.0. The lowest BCUT2D eigenvalue weighted by Gasteiger charge is -2.12. The summed E-state index contributed by atoms with van der Waals surface area (Å²) in [6, 6.07) is 6.20. The van der Waals surface area contributed by atoms with Gasteiger partial charge in [0, 0.05) is 42.5 Å². The molecule has 0 aliphatic heterocycles. The van der Waals surface area contributed by atoms with Crippen LogP contribution in [0.3, 0.4) is 0 Å². The molecule has 0 fully saturated rings. The lowest BCUT2D eigenvalue weighted by molar-refractivity contribution is -0.384. The van der Waals surface area contributed by atoms with Crippen LogP contribution in [0.5, 0.6) is 0 Å². The highest BCUT2D eigenvalue weighted by atomic mass is 32.2. The highest BCUT2D eigenvalue weighted by molar-refractivity contribution is 8.00. The summed E-state index contributed by atoms with van der Waals surface area (Å²) >= 11 is 1.38. The first-order chi connectivity index (χ1) is 11.1. The van der Waals surface area contributed by atoms with Crippen LogP contribution in [0, 0.1) is 10.1 Å². The standard InChI is InChI=1S/C15H18N4O3S/c1-12(23-14-5-3-13(4-6-14)19(21)22)15(20)17-7-2-9-18-10-8-16-11-18/h3-6,8,10-12H,2,7,9H2,1H3,(H,17,20). The number of nitro groups is 1. The van der Waals surface area contributed by atoms with E-state index >= 15 is 0 Å². The van der Waals surface area contributed by atoms with Gasteiger partial charge in [-0.05, 0) is 25.5 Å². The Labute approximate surface area is 138 Å². The normalized spacial score (nSPS) is 11.9. The third-order valence-electron chi connectivity index (χ3n) is 3.18. The predicted octanol–water partition coefficient (Wildman–Crippen LogP) is 2.48. The molecule has 2 aromatic rings. The molecule has 7 nitrogen and oxygen atoms in total. The number of nitro benzene ring substituents is 1. The molecule has 1 N–H and O–H groups in total. The van der Waals surface area contributed by atoms with Gasteiger partial charge in [-0.25, -0.2) is 4.98 Å². The van der Waals surface area contributed by atoms with Crippen LogP contribution in [0.4, 0.5) is 5.69 Å². The molecule has 23 heavy (non-hydrogen) atoms. The molecule has 0 spiro atoms.